The van der Waals surface area contributed by atoms with Gasteiger partial charge in [-0.3, -0.25) is 4.79 Å². The SMILES string of the molecule is CCC(C)(CNC(=O)OCC1c2ccccc2-c2ccccc21)C(=O)NC1(C(=O)O)CC1. The van der Waals surface area contributed by atoms with Crippen LogP contribution in [-0.2, 0) is 14.3 Å². The van der Waals surface area contributed by atoms with Crippen LogP contribution in [0.2, 0.25) is 0 Å². The molecule has 3 N–H and O–H groups in total. The Balaban J connectivity index is 1.36. The molecule has 1 saturated carbocycles. The van der Waals surface area contributed by atoms with Gasteiger partial charge in [-0.1, -0.05) is 55.5 Å². The van der Waals surface area contributed by atoms with E-state index >= 15 is 0 Å². The quantitative estimate of drug-likeness (QED) is 0.586. The van der Waals surface area contributed by atoms with Crippen molar-refractivity contribution in [1.82, 2.24) is 10.6 Å². The van der Waals surface area contributed by atoms with Gasteiger partial charge in [0.25, 0.3) is 0 Å². The number of nitrogens with one attached hydrogen (secondary N) is 2. The van der Waals surface area contributed by atoms with Crippen molar-refractivity contribution in [3.05, 3.63) is 59.7 Å². The summed E-state index contributed by atoms with van der Waals surface area (Å²) in [6.07, 6.45) is 0.693. The molecule has 7 nitrogen and oxygen atoms in total. The molecule has 0 heterocycles. The number of carbonyl (C=O) groups is 3. The van der Waals surface area contributed by atoms with E-state index in [0.29, 0.717) is 19.3 Å². The van der Waals surface area contributed by atoms with Gasteiger partial charge in [0, 0.05) is 12.5 Å². The van der Waals surface area contributed by atoms with Crippen molar-refractivity contribution in [2.75, 3.05) is 13.2 Å². The predicted molar refractivity (Wildman–Crippen MR) is 119 cm³/mol. The van der Waals surface area contributed by atoms with Crippen LogP contribution < -0.4 is 10.6 Å². The van der Waals surface area contributed by atoms with E-state index in [2.05, 4.69) is 34.9 Å². The number of aliphatic carboxylic acids is 1. The Morgan fingerprint density at radius 1 is 1.06 bits per heavy atom. The molecule has 2 amide bonds. The maximum Gasteiger partial charge on any atom is 0.407 e. The number of fused-ring (bicyclic) bond motifs is 3. The Morgan fingerprint density at radius 3 is 2.12 bits per heavy atom. The monoisotopic (exact) mass is 436 g/mol. The first-order chi connectivity index (χ1) is 15.3. The van der Waals surface area contributed by atoms with Gasteiger partial charge in [0.05, 0.1) is 5.41 Å². The summed E-state index contributed by atoms with van der Waals surface area (Å²) in [6, 6.07) is 16.2. The summed E-state index contributed by atoms with van der Waals surface area (Å²) in [4.78, 5) is 36.6. The van der Waals surface area contributed by atoms with Crippen LogP contribution in [-0.4, -0.2) is 41.8 Å². The third-order valence-corrected chi connectivity index (χ3v) is 6.81. The van der Waals surface area contributed by atoms with Crippen molar-refractivity contribution in [3.63, 3.8) is 0 Å². The lowest BCUT2D eigenvalue weighted by Gasteiger charge is -2.29. The zero-order chi connectivity index (χ0) is 22.9. The molecule has 1 unspecified atom stereocenters. The number of benzene rings is 2. The standard InChI is InChI=1S/C25H28N2O5/c1-3-24(2,21(28)27-25(12-13-25)22(29)30)15-26-23(31)32-14-20-18-10-6-4-8-16(18)17-9-5-7-11-19(17)20/h4-11,20H,3,12-15H2,1-2H3,(H,26,31)(H,27,28)(H,29,30). The van der Waals surface area contributed by atoms with Gasteiger partial charge < -0.3 is 20.5 Å². The molecule has 2 aliphatic carbocycles. The Kier molecular flexibility index (Phi) is 5.67. The zero-order valence-corrected chi connectivity index (χ0v) is 18.3. The number of alkyl carbamates (subject to hydrolysis) is 1. The molecule has 0 aromatic heterocycles. The first-order valence-electron chi connectivity index (χ1n) is 10.9. The second kappa shape index (κ2) is 8.30. The average Bonchev–Trinajstić information content (AvgIpc) is 3.52. The van der Waals surface area contributed by atoms with Crippen LogP contribution in [0, 0.1) is 5.41 Å². The maximum absolute atomic E-state index is 12.7. The molecule has 32 heavy (non-hydrogen) atoms. The summed E-state index contributed by atoms with van der Waals surface area (Å²) in [5.41, 5.74) is 2.47. The molecule has 1 atom stereocenters. The fourth-order valence-electron chi connectivity index (χ4n) is 4.17. The maximum atomic E-state index is 12.7. The Bertz CT molecular complexity index is 1020. The third kappa shape index (κ3) is 3.95. The van der Waals surface area contributed by atoms with E-state index in [1.807, 2.05) is 31.2 Å². The van der Waals surface area contributed by atoms with E-state index in [9.17, 15) is 19.5 Å². The molecular weight excluding hydrogens is 408 g/mol. The summed E-state index contributed by atoms with van der Waals surface area (Å²) >= 11 is 0. The highest BCUT2D eigenvalue weighted by atomic mass is 16.5. The second-order valence-electron chi connectivity index (χ2n) is 8.93. The normalized spacial score (nSPS) is 17.4. The molecule has 2 aromatic rings. The van der Waals surface area contributed by atoms with Crippen LogP contribution in [0.4, 0.5) is 4.79 Å². The summed E-state index contributed by atoms with van der Waals surface area (Å²) in [5, 5.41) is 14.7. The van der Waals surface area contributed by atoms with Crippen molar-refractivity contribution in [3.8, 4) is 11.1 Å². The Morgan fingerprint density at radius 2 is 1.62 bits per heavy atom. The highest BCUT2D eigenvalue weighted by molar-refractivity contribution is 5.92. The van der Waals surface area contributed by atoms with Crippen molar-refractivity contribution >= 4 is 18.0 Å². The number of hydrogen-bond acceptors (Lipinski definition) is 4. The minimum absolute atomic E-state index is 0.0423. The van der Waals surface area contributed by atoms with Gasteiger partial charge in [0.15, 0.2) is 0 Å². The van der Waals surface area contributed by atoms with Crippen LogP contribution in [0.25, 0.3) is 11.1 Å². The van der Waals surface area contributed by atoms with Crippen molar-refractivity contribution < 1.29 is 24.2 Å². The zero-order valence-electron chi connectivity index (χ0n) is 18.3. The van der Waals surface area contributed by atoms with Crippen LogP contribution in [0.1, 0.15) is 50.2 Å². The van der Waals surface area contributed by atoms with E-state index in [0.717, 1.165) is 22.3 Å². The molecule has 0 radical (unpaired) electrons. The smallest absolute Gasteiger partial charge is 0.407 e. The van der Waals surface area contributed by atoms with Crippen molar-refractivity contribution in [2.24, 2.45) is 5.41 Å². The number of carboxylic acids is 1. The number of rotatable bonds is 8. The van der Waals surface area contributed by atoms with Gasteiger partial charge in [-0.15, -0.1) is 0 Å². The highest BCUT2D eigenvalue weighted by Crippen LogP contribution is 2.44. The lowest BCUT2D eigenvalue weighted by molar-refractivity contribution is -0.145. The molecule has 2 aromatic carbocycles. The third-order valence-electron chi connectivity index (χ3n) is 6.81. The van der Waals surface area contributed by atoms with Crippen LogP contribution in [0.5, 0.6) is 0 Å². The van der Waals surface area contributed by atoms with Crippen LogP contribution >= 0.6 is 0 Å². The van der Waals surface area contributed by atoms with Crippen LogP contribution in [0.3, 0.4) is 0 Å². The van der Waals surface area contributed by atoms with Gasteiger partial charge in [0.1, 0.15) is 12.1 Å². The van der Waals surface area contributed by atoms with Gasteiger partial charge in [-0.2, -0.15) is 0 Å². The molecule has 7 heteroatoms. The summed E-state index contributed by atoms with van der Waals surface area (Å²) in [5.74, 6) is -1.44. The van der Waals surface area contributed by atoms with E-state index in [1.165, 1.54) is 0 Å². The summed E-state index contributed by atoms with van der Waals surface area (Å²) in [7, 11) is 0. The number of carbonyl (C=O) groups excluding carboxylic acids is 2. The van der Waals surface area contributed by atoms with Gasteiger partial charge in [0.2, 0.25) is 5.91 Å². The summed E-state index contributed by atoms with van der Waals surface area (Å²) in [6.45, 7) is 3.79. The fraction of sp³-hybridized carbons (Fsp3) is 0.400. The molecule has 0 saturated heterocycles. The highest BCUT2D eigenvalue weighted by Gasteiger charge is 2.53. The van der Waals surface area contributed by atoms with E-state index in [-0.39, 0.29) is 25.0 Å². The molecule has 0 aliphatic heterocycles. The topological polar surface area (TPSA) is 105 Å². The summed E-state index contributed by atoms with van der Waals surface area (Å²) < 4.78 is 5.53. The van der Waals surface area contributed by atoms with Crippen LogP contribution in [0.15, 0.2) is 48.5 Å². The molecule has 2 aliphatic rings. The molecule has 168 valence electrons. The van der Waals surface area contributed by atoms with E-state index in [4.69, 9.17) is 4.74 Å². The predicted octanol–water partition coefficient (Wildman–Crippen LogP) is 3.67. The fourth-order valence-corrected chi connectivity index (χ4v) is 4.17. The molecule has 0 bridgehead atoms. The molecule has 1 fully saturated rings. The molecular formula is C25H28N2O5. The number of carboxylic acid groups (broad SMARTS) is 1. The number of hydrogen-bond donors (Lipinski definition) is 3. The average molecular weight is 437 g/mol. The minimum atomic E-state index is -1.16. The van der Waals surface area contributed by atoms with Gasteiger partial charge in [-0.05, 0) is 48.4 Å². The van der Waals surface area contributed by atoms with E-state index < -0.39 is 23.0 Å². The number of amides is 2. The minimum Gasteiger partial charge on any atom is -0.480 e. The Labute approximate surface area is 187 Å². The van der Waals surface area contributed by atoms with E-state index in [1.54, 1.807) is 6.92 Å². The largest absolute Gasteiger partial charge is 0.480 e. The first kappa shape index (κ1) is 21.9. The van der Waals surface area contributed by atoms with Crippen molar-refractivity contribution in [2.45, 2.75) is 44.6 Å². The molecule has 0 spiro atoms. The first-order valence-corrected chi connectivity index (χ1v) is 10.9. The lowest BCUT2D eigenvalue weighted by Crippen LogP contribution is -2.52. The Hall–Kier alpha value is -3.35. The lowest BCUT2D eigenvalue weighted by atomic mass is 9.86. The number of ether oxygens (including phenoxy) is 1. The molecule has 4 rings (SSSR count). The van der Waals surface area contributed by atoms with Crippen molar-refractivity contribution in [1.29, 1.82) is 0 Å². The second-order valence-corrected chi connectivity index (χ2v) is 8.93. The van der Waals surface area contributed by atoms with Gasteiger partial charge in [-0.25, -0.2) is 9.59 Å². The van der Waals surface area contributed by atoms with Gasteiger partial charge >= 0.3 is 12.1 Å².